The highest BCUT2D eigenvalue weighted by molar-refractivity contribution is 5.91. The predicted octanol–water partition coefficient (Wildman–Crippen LogP) is 1.55. The number of aliphatic hydroxyl groups excluding tert-OH is 1. The van der Waals surface area contributed by atoms with Gasteiger partial charge >= 0.3 is 0 Å². The normalized spacial score (nSPS) is 16.6. The van der Waals surface area contributed by atoms with Crippen LogP contribution >= 0.6 is 0 Å². The lowest BCUT2D eigenvalue weighted by molar-refractivity contribution is -0.118. The van der Waals surface area contributed by atoms with E-state index in [0.717, 1.165) is 12.8 Å². The average molecular weight is 281 g/mol. The number of rotatable bonds is 6. The number of aliphatic hydroxyl groups is 1. The van der Waals surface area contributed by atoms with Crippen LogP contribution in [0, 0.1) is 6.92 Å². The molecule has 0 atom stereocenters. The Morgan fingerprint density at radius 3 is 2.85 bits per heavy atom. The second-order valence-electron chi connectivity index (χ2n) is 5.36. The number of carbonyl (C=O) groups is 1. The highest BCUT2D eigenvalue weighted by Crippen LogP contribution is 2.22. The van der Waals surface area contributed by atoms with Gasteiger partial charge in [-0.1, -0.05) is 24.4 Å². The molecule has 1 heterocycles. The van der Waals surface area contributed by atoms with Gasteiger partial charge in [-0.25, -0.2) is 0 Å². The van der Waals surface area contributed by atoms with Crippen LogP contribution in [0.25, 0.3) is 0 Å². The highest BCUT2D eigenvalue weighted by Gasteiger charge is 2.22. The molecule has 6 nitrogen and oxygen atoms in total. The monoisotopic (exact) mass is 281 g/mol. The smallest absolute Gasteiger partial charge is 0.239 e. The summed E-state index contributed by atoms with van der Waals surface area (Å²) in [6, 6.07) is 2.09. The number of aromatic nitrogens is 1. The molecular formula is C14H23N3O3. The van der Waals surface area contributed by atoms with Crippen LogP contribution in [0.1, 0.15) is 37.9 Å². The second kappa shape index (κ2) is 7.40. The molecule has 1 aromatic heterocycles. The van der Waals surface area contributed by atoms with Gasteiger partial charge in [-0.3, -0.25) is 9.69 Å². The number of nitrogens with one attached hydrogen (secondary N) is 1. The summed E-state index contributed by atoms with van der Waals surface area (Å²) in [5.41, 5.74) is 0. The number of amides is 1. The summed E-state index contributed by atoms with van der Waals surface area (Å²) >= 11 is 0. The van der Waals surface area contributed by atoms with Crippen LogP contribution in [-0.4, -0.2) is 46.8 Å². The minimum Gasteiger partial charge on any atom is -0.395 e. The van der Waals surface area contributed by atoms with Crippen molar-refractivity contribution >= 4 is 11.7 Å². The third kappa shape index (κ3) is 4.31. The summed E-state index contributed by atoms with van der Waals surface area (Å²) in [6.07, 6.45) is 5.90. The molecule has 0 bridgehead atoms. The Labute approximate surface area is 119 Å². The largest absolute Gasteiger partial charge is 0.395 e. The Morgan fingerprint density at radius 1 is 1.50 bits per heavy atom. The Balaban J connectivity index is 1.87. The lowest BCUT2D eigenvalue weighted by Crippen LogP contribution is -2.43. The van der Waals surface area contributed by atoms with Crippen molar-refractivity contribution in [3.05, 3.63) is 11.8 Å². The summed E-state index contributed by atoms with van der Waals surface area (Å²) in [5.74, 6) is 0.997. The van der Waals surface area contributed by atoms with Gasteiger partial charge in [0, 0.05) is 18.7 Å². The van der Waals surface area contributed by atoms with E-state index in [0.29, 0.717) is 24.2 Å². The molecule has 1 aliphatic carbocycles. The van der Waals surface area contributed by atoms with E-state index >= 15 is 0 Å². The predicted molar refractivity (Wildman–Crippen MR) is 75.4 cm³/mol. The molecule has 1 aliphatic rings. The van der Waals surface area contributed by atoms with Crippen LogP contribution in [0.15, 0.2) is 10.6 Å². The molecule has 6 heteroatoms. The summed E-state index contributed by atoms with van der Waals surface area (Å²) in [4.78, 5) is 14.1. The van der Waals surface area contributed by atoms with Crippen molar-refractivity contribution in [3.8, 4) is 0 Å². The molecule has 0 aromatic carbocycles. The zero-order chi connectivity index (χ0) is 14.4. The van der Waals surface area contributed by atoms with Crippen LogP contribution in [0.4, 0.5) is 5.82 Å². The minimum absolute atomic E-state index is 0.0762. The van der Waals surface area contributed by atoms with Gasteiger partial charge in [0.2, 0.25) is 5.91 Å². The molecule has 2 rings (SSSR count). The Morgan fingerprint density at radius 2 is 2.25 bits per heavy atom. The van der Waals surface area contributed by atoms with Gasteiger partial charge in [-0.05, 0) is 19.8 Å². The molecule has 2 N–H and O–H groups in total. The van der Waals surface area contributed by atoms with Crippen molar-refractivity contribution in [2.45, 2.75) is 45.1 Å². The Hall–Kier alpha value is -1.40. The van der Waals surface area contributed by atoms with Gasteiger partial charge in [0.05, 0.1) is 13.2 Å². The number of carbonyl (C=O) groups excluding carboxylic acids is 1. The maximum absolute atomic E-state index is 12.0. The van der Waals surface area contributed by atoms with Gasteiger partial charge in [-0.15, -0.1) is 0 Å². The maximum atomic E-state index is 12.0. The van der Waals surface area contributed by atoms with Crippen LogP contribution in [0.3, 0.4) is 0 Å². The third-order valence-corrected chi connectivity index (χ3v) is 3.72. The summed E-state index contributed by atoms with van der Waals surface area (Å²) in [7, 11) is 0. The van der Waals surface area contributed by atoms with Gasteiger partial charge in [0.1, 0.15) is 5.76 Å². The summed E-state index contributed by atoms with van der Waals surface area (Å²) in [6.45, 7) is 2.68. The fourth-order valence-electron chi connectivity index (χ4n) is 2.76. The summed E-state index contributed by atoms with van der Waals surface area (Å²) < 4.78 is 4.92. The third-order valence-electron chi connectivity index (χ3n) is 3.72. The minimum atomic E-state index is -0.114. The first-order valence-electron chi connectivity index (χ1n) is 7.27. The molecule has 1 saturated carbocycles. The van der Waals surface area contributed by atoms with Gasteiger partial charge < -0.3 is 14.9 Å². The van der Waals surface area contributed by atoms with Gasteiger partial charge in [0.25, 0.3) is 0 Å². The highest BCUT2D eigenvalue weighted by atomic mass is 16.5. The molecule has 20 heavy (non-hydrogen) atoms. The van der Waals surface area contributed by atoms with Gasteiger partial charge in [0.15, 0.2) is 5.82 Å². The van der Waals surface area contributed by atoms with E-state index in [1.54, 1.807) is 13.0 Å². The number of hydrogen-bond donors (Lipinski definition) is 2. The van der Waals surface area contributed by atoms with E-state index in [1.165, 1.54) is 19.3 Å². The topological polar surface area (TPSA) is 78.6 Å². The fraction of sp³-hybridized carbons (Fsp3) is 0.714. The molecule has 1 amide bonds. The molecule has 0 spiro atoms. The summed E-state index contributed by atoms with van der Waals surface area (Å²) in [5, 5.41) is 15.6. The number of nitrogens with zero attached hydrogens (tertiary/aromatic N) is 2. The lowest BCUT2D eigenvalue weighted by atomic mass is 9.94. The molecule has 0 saturated heterocycles. The maximum Gasteiger partial charge on any atom is 0.239 e. The number of aryl methyl sites for hydroxylation is 1. The van der Waals surface area contributed by atoms with Crippen molar-refractivity contribution in [2.24, 2.45) is 0 Å². The zero-order valence-electron chi connectivity index (χ0n) is 12.0. The van der Waals surface area contributed by atoms with Crippen molar-refractivity contribution in [1.29, 1.82) is 0 Å². The van der Waals surface area contributed by atoms with Crippen LogP contribution in [0.2, 0.25) is 0 Å². The zero-order valence-corrected chi connectivity index (χ0v) is 12.0. The lowest BCUT2D eigenvalue weighted by Gasteiger charge is -2.33. The molecule has 112 valence electrons. The Bertz CT molecular complexity index is 427. The molecule has 1 aromatic rings. The SMILES string of the molecule is Cc1cc(NC(=O)CN(CCO)C2CCCCC2)no1. The van der Waals surface area contributed by atoms with Crippen molar-refractivity contribution in [1.82, 2.24) is 10.1 Å². The van der Waals surface area contributed by atoms with E-state index < -0.39 is 0 Å². The first kappa shape index (κ1) is 15.0. The van der Waals surface area contributed by atoms with Crippen LogP contribution in [0.5, 0.6) is 0 Å². The first-order chi connectivity index (χ1) is 9.69. The van der Waals surface area contributed by atoms with E-state index in [4.69, 9.17) is 4.52 Å². The molecule has 0 aliphatic heterocycles. The van der Waals surface area contributed by atoms with Crippen molar-refractivity contribution in [2.75, 3.05) is 25.0 Å². The van der Waals surface area contributed by atoms with Crippen LogP contribution in [-0.2, 0) is 4.79 Å². The molecular weight excluding hydrogens is 258 g/mol. The standard InChI is InChI=1S/C14H23N3O3/c1-11-9-13(16-20-11)15-14(19)10-17(7-8-18)12-5-3-2-4-6-12/h9,12,18H,2-8,10H2,1H3,(H,15,16,19). The second-order valence-corrected chi connectivity index (χ2v) is 5.36. The van der Waals surface area contributed by atoms with E-state index in [-0.39, 0.29) is 19.1 Å². The average Bonchev–Trinajstić information content (AvgIpc) is 2.84. The fourth-order valence-corrected chi connectivity index (χ4v) is 2.76. The number of anilines is 1. The Kier molecular flexibility index (Phi) is 5.55. The van der Waals surface area contributed by atoms with Crippen molar-refractivity contribution in [3.63, 3.8) is 0 Å². The van der Waals surface area contributed by atoms with E-state index in [1.807, 2.05) is 0 Å². The molecule has 0 unspecified atom stereocenters. The molecule has 0 radical (unpaired) electrons. The quantitative estimate of drug-likeness (QED) is 0.827. The van der Waals surface area contributed by atoms with Crippen molar-refractivity contribution < 1.29 is 14.4 Å². The first-order valence-corrected chi connectivity index (χ1v) is 7.27. The molecule has 1 fully saturated rings. The number of hydrogen-bond acceptors (Lipinski definition) is 5. The van der Waals surface area contributed by atoms with Crippen LogP contribution < -0.4 is 5.32 Å². The van der Waals surface area contributed by atoms with E-state index in [9.17, 15) is 9.90 Å². The van der Waals surface area contributed by atoms with Gasteiger partial charge in [-0.2, -0.15) is 0 Å². The van der Waals surface area contributed by atoms with E-state index in [2.05, 4.69) is 15.4 Å².